The second kappa shape index (κ2) is 1.82. The number of rotatable bonds is 0. The van der Waals surface area contributed by atoms with Crippen molar-refractivity contribution in [3.05, 3.63) is 12.2 Å². The Morgan fingerprint density at radius 1 is 1.33 bits per heavy atom. The largest absolute Gasteiger partial charge is 0.390 e. The quantitative estimate of drug-likeness (QED) is 0.478. The van der Waals surface area contributed by atoms with Gasteiger partial charge in [0.25, 0.3) is 0 Å². The van der Waals surface area contributed by atoms with E-state index < -0.39 is 0 Å². The van der Waals surface area contributed by atoms with Gasteiger partial charge in [-0.3, -0.25) is 0 Å². The highest BCUT2D eigenvalue weighted by molar-refractivity contribution is 5.07. The molecule has 1 saturated heterocycles. The number of hydrogen-bond donors (Lipinski definition) is 1. The third kappa shape index (κ3) is 0.787. The van der Waals surface area contributed by atoms with E-state index in [-0.39, 0.29) is 12.2 Å². The van der Waals surface area contributed by atoms with Crippen LogP contribution in [0.1, 0.15) is 12.8 Å². The van der Waals surface area contributed by atoms with Crippen molar-refractivity contribution in [3.63, 3.8) is 0 Å². The van der Waals surface area contributed by atoms with E-state index in [2.05, 4.69) is 0 Å². The molecule has 0 aromatic rings. The first-order chi connectivity index (χ1) is 4.36. The summed E-state index contributed by atoms with van der Waals surface area (Å²) in [5, 5.41) is 9.22. The molecule has 3 unspecified atom stereocenters. The Morgan fingerprint density at radius 3 is 3.00 bits per heavy atom. The summed E-state index contributed by atoms with van der Waals surface area (Å²) in [7, 11) is 0. The van der Waals surface area contributed by atoms with Gasteiger partial charge >= 0.3 is 0 Å². The molecule has 2 nitrogen and oxygen atoms in total. The molecule has 2 heteroatoms. The molecule has 2 heterocycles. The van der Waals surface area contributed by atoms with E-state index in [1.807, 2.05) is 12.2 Å². The summed E-state index contributed by atoms with van der Waals surface area (Å²) in [5.41, 5.74) is 0. The Kier molecular flexibility index (Phi) is 1.10. The van der Waals surface area contributed by atoms with Crippen LogP contribution in [0.25, 0.3) is 0 Å². The van der Waals surface area contributed by atoms with E-state index in [1.54, 1.807) is 0 Å². The van der Waals surface area contributed by atoms with Crippen LogP contribution in [0.3, 0.4) is 0 Å². The van der Waals surface area contributed by atoms with Crippen LogP contribution in [0, 0.1) is 0 Å². The molecule has 2 bridgehead atoms. The van der Waals surface area contributed by atoms with E-state index in [9.17, 15) is 5.11 Å². The lowest BCUT2D eigenvalue weighted by molar-refractivity contribution is -0.0627. The van der Waals surface area contributed by atoms with E-state index in [0.29, 0.717) is 6.10 Å². The zero-order valence-electron chi connectivity index (χ0n) is 5.16. The number of ether oxygens (including phenoxy) is 1. The third-order valence-electron chi connectivity index (χ3n) is 1.97. The highest BCUT2D eigenvalue weighted by Gasteiger charge is 2.30. The molecule has 2 rings (SSSR count). The Hall–Kier alpha value is -0.340. The maximum Gasteiger partial charge on any atom is 0.102 e. The molecule has 0 amide bonds. The Labute approximate surface area is 54.1 Å². The second-order valence-electron chi connectivity index (χ2n) is 2.67. The molecule has 0 aromatic heterocycles. The van der Waals surface area contributed by atoms with Crippen LogP contribution in [0.4, 0.5) is 0 Å². The normalized spacial score (nSPS) is 47.9. The lowest BCUT2D eigenvalue weighted by atomic mass is 10.1. The van der Waals surface area contributed by atoms with Crippen molar-refractivity contribution in [1.82, 2.24) is 0 Å². The fourth-order valence-electron chi connectivity index (χ4n) is 1.41. The van der Waals surface area contributed by atoms with Crippen LogP contribution in [-0.4, -0.2) is 23.4 Å². The molecule has 3 atom stereocenters. The fraction of sp³-hybridized carbons (Fsp3) is 0.714. The van der Waals surface area contributed by atoms with Crippen molar-refractivity contribution >= 4 is 0 Å². The summed E-state index contributed by atoms with van der Waals surface area (Å²) < 4.78 is 5.35. The van der Waals surface area contributed by atoms with E-state index in [0.717, 1.165) is 12.8 Å². The summed E-state index contributed by atoms with van der Waals surface area (Å²) in [4.78, 5) is 0. The minimum atomic E-state index is -0.250. The summed E-state index contributed by atoms with van der Waals surface area (Å²) in [6.45, 7) is 0. The highest BCUT2D eigenvalue weighted by atomic mass is 16.5. The lowest BCUT2D eigenvalue weighted by Crippen LogP contribution is -2.32. The first-order valence-electron chi connectivity index (χ1n) is 3.38. The van der Waals surface area contributed by atoms with Crippen LogP contribution in [-0.2, 0) is 4.74 Å². The Balaban J connectivity index is 2.14. The van der Waals surface area contributed by atoms with Crippen molar-refractivity contribution in [2.75, 3.05) is 0 Å². The Morgan fingerprint density at radius 2 is 2.22 bits per heavy atom. The predicted octanol–water partition coefficient (Wildman–Crippen LogP) is 0.465. The molecule has 2 aliphatic heterocycles. The average molecular weight is 126 g/mol. The minimum absolute atomic E-state index is 0.00347. The maximum absolute atomic E-state index is 9.22. The molecule has 1 N–H and O–H groups in total. The average Bonchev–Trinajstić information content (AvgIpc) is 2.25. The van der Waals surface area contributed by atoms with Gasteiger partial charge in [-0.25, -0.2) is 0 Å². The molecule has 0 spiro atoms. The van der Waals surface area contributed by atoms with Gasteiger partial charge in [0.05, 0.1) is 12.2 Å². The van der Waals surface area contributed by atoms with Crippen LogP contribution in [0.2, 0.25) is 0 Å². The monoisotopic (exact) mass is 126 g/mol. The van der Waals surface area contributed by atoms with Gasteiger partial charge in [0.2, 0.25) is 0 Å². The standard InChI is InChI=1S/C7H10O2/c8-6-3-1-5-2-4-7(6)9-5/h2,4-8H,1,3H2. The first kappa shape index (κ1) is 5.45. The van der Waals surface area contributed by atoms with Gasteiger partial charge in [-0.15, -0.1) is 0 Å². The number of hydrogen-bond acceptors (Lipinski definition) is 2. The van der Waals surface area contributed by atoms with Crippen molar-refractivity contribution in [2.24, 2.45) is 0 Å². The summed E-state index contributed by atoms with van der Waals surface area (Å²) >= 11 is 0. The first-order valence-corrected chi connectivity index (χ1v) is 3.38. The van der Waals surface area contributed by atoms with Crippen LogP contribution in [0.5, 0.6) is 0 Å². The number of aliphatic hydroxyl groups excluding tert-OH is 1. The highest BCUT2D eigenvalue weighted by Crippen LogP contribution is 2.26. The van der Waals surface area contributed by atoms with Crippen molar-refractivity contribution in [2.45, 2.75) is 31.2 Å². The molecule has 50 valence electrons. The van der Waals surface area contributed by atoms with Gasteiger partial charge in [-0.05, 0) is 12.8 Å². The van der Waals surface area contributed by atoms with Crippen molar-refractivity contribution in [1.29, 1.82) is 0 Å². The van der Waals surface area contributed by atoms with Gasteiger partial charge in [0, 0.05) is 0 Å². The van der Waals surface area contributed by atoms with Gasteiger partial charge in [0.15, 0.2) is 0 Å². The summed E-state index contributed by atoms with van der Waals surface area (Å²) in [5.74, 6) is 0. The van der Waals surface area contributed by atoms with E-state index >= 15 is 0 Å². The van der Waals surface area contributed by atoms with Gasteiger partial charge in [0.1, 0.15) is 6.10 Å². The van der Waals surface area contributed by atoms with E-state index in [4.69, 9.17) is 4.74 Å². The third-order valence-corrected chi connectivity index (χ3v) is 1.97. The molecular formula is C7H10O2. The number of aliphatic hydroxyl groups is 1. The molecular weight excluding hydrogens is 116 g/mol. The minimum Gasteiger partial charge on any atom is -0.390 e. The second-order valence-corrected chi connectivity index (χ2v) is 2.67. The SMILES string of the molecule is OC1CCC2C=CC1O2. The molecule has 9 heavy (non-hydrogen) atoms. The lowest BCUT2D eigenvalue weighted by Gasteiger charge is -2.24. The molecule has 2 aliphatic rings. The summed E-state index contributed by atoms with van der Waals surface area (Å²) in [6, 6.07) is 0. The van der Waals surface area contributed by atoms with Crippen molar-refractivity contribution < 1.29 is 9.84 Å². The van der Waals surface area contributed by atoms with E-state index in [1.165, 1.54) is 0 Å². The molecule has 0 saturated carbocycles. The van der Waals surface area contributed by atoms with Gasteiger partial charge in [-0.1, -0.05) is 12.2 Å². The smallest absolute Gasteiger partial charge is 0.102 e. The molecule has 0 aromatic carbocycles. The molecule has 1 fully saturated rings. The fourth-order valence-corrected chi connectivity index (χ4v) is 1.41. The Bertz CT molecular complexity index is 142. The summed E-state index contributed by atoms with van der Waals surface area (Å²) in [6.07, 6.45) is 5.93. The molecule has 0 aliphatic carbocycles. The zero-order valence-corrected chi connectivity index (χ0v) is 5.16. The van der Waals surface area contributed by atoms with Gasteiger partial charge in [-0.2, -0.15) is 0 Å². The predicted molar refractivity (Wildman–Crippen MR) is 33.0 cm³/mol. The topological polar surface area (TPSA) is 29.5 Å². The zero-order chi connectivity index (χ0) is 6.27. The van der Waals surface area contributed by atoms with Crippen LogP contribution in [0.15, 0.2) is 12.2 Å². The van der Waals surface area contributed by atoms with Crippen LogP contribution >= 0.6 is 0 Å². The maximum atomic E-state index is 9.22. The number of fused-ring (bicyclic) bond motifs is 2. The van der Waals surface area contributed by atoms with Gasteiger partial charge < -0.3 is 9.84 Å². The van der Waals surface area contributed by atoms with Crippen LogP contribution < -0.4 is 0 Å². The van der Waals surface area contributed by atoms with Crippen molar-refractivity contribution in [3.8, 4) is 0 Å². The molecule has 0 radical (unpaired) electrons.